The highest BCUT2D eigenvalue weighted by atomic mass is 127. The molecule has 0 atom stereocenters. The lowest BCUT2D eigenvalue weighted by Gasteiger charge is -2.06. The normalized spacial score (nSPS) is 10.4. The molecule has 0 N–H and O–H groups in total. The van der Waals surface area contributed by atoms with Crippen LogP contribution in [0.25, 0.3) is 0 Å². The summed E-state index contributed by atoms with van der Waals surface area (Å²) in [7, 11) is 0.0761. The molecular formula is C8H10IP. The van der Waals surface area contributed by atoms with Crippen LogP contribution in [0.3, 0.4) is 0 Å². The van der Waals surface area contributed by atoms with Crippen molar-refractivity contribution in [1.82, 2.24) is 0 Å². The quantitative estimate of drug-likeness (QED) is 0.540. The molecule has 0 aliphatic rings. The maximum absolute atomic E-state index is 2.39. The first-order chi connectivity index (χ1) is 4.72. The molecule has 0 aliphatic heterocycles. The van der Waals surface area contributed by atoms with E-state index in [0.29, 0.717) is 0 Å². The molecule has 0 aromatic heterocycles. The van der Waals surface area contributed by atoms with Gasteiger partial charge in [0.05, 0.1) is 0 Å². The van der Waals surface area contributed by atoms with Crippen LogP contribution in [0.4, 0.5) is 0 Å². The van der Waals surface area contributed by atoms with Crippen molar-refractivity contribution in [2.45, 2.75) is 0 Å². The Bertz CT molecular complexity index is 220. The smallest absolute Gasteiger partial charge is 0.0206 e. The first-order valence-corrected chi connectivity index (χ1v) is 6.45. The summed E-state index contributed by atoms with van der Waals surface area (Å²) in [5.41, 5.74) is 0. The highest BCUT2D eigenvalue weighted by molar-refractivity contribution is 14.1. The summed E-state index contributed by atoms with van der Waals surface area (Å²) < 4.78 is 1.40. The Hall–Kier alpha value is 0.380. The van der Waals surface area contributed by atoms with Gasteiger partial charge in [-0.05, 0) is 47.3 Å². The van der Waals surface area contributed by atoms with Crippen molar-refractivity contribution in [3.8, 4) is 0 Å². The van der Waals surface area contributed by atoms with E-state index in [0.717, 1.165) is 0 Å². The molecule has 0 aliphatic carbocycles. The Balaban J connectivity index is 3.03. The van der Waals surface area contributed by atoms with Crippen molar-refractivity contribution in [2.75, 3.05) is 13.3 Å². The summed E-state index contributed by atoms with van der Waals surface area (Å²) in [6.07, 6.45) is 0. The number of halogens is 1. The standard InChI is InChI=1S/C8H10IP/c1-10(2)8-6-4-3-5-7(8)9/h3-6H,1-2H3. The summed E-state index contributed by atoms with van der Waals surface area (Å²) in [4.78, 5) is 0. The lowest BCUT2D eigenvalue weighted by Crippen LogP contribution is -2.02. The fourth-order valence-corrected chi connectivity index (χ4v) is 3.54. The second-order valence-corrected chi connectivity index (χ2v) is 5.78. The van der Waals surface area contributed by atoms with Gasteiger partial charge in [0.2, 0.25) is 0 Å². The van der Waals surface area contributed by atoms with Crippen LogP contribution in [0.2, 0.25) is 0 Å². The fraction of sp³-hybridized carbons (Fsp3) is 0.250. The Labute approximate surface area is 76.9 Å². The van der Waals surface area contributed by atoms with Crippen LogP contribution in [0.15, 0.2) is 24.3 Å². The van der Waals surface area contributed by atoms with Crippen molar-refractivity contribution in [3.63, 3.8) is 0 Å². The van der Waals surface area contributed by atoms with Gasteiger partial charge in [-0.25, -0.2) is 0 Å². The van der Waals surface area contributed by atoms with Gasteiger partial charge in [-0.15, -0.1) is 0 Å². The van der Waals surface area contributed by atoms with Crippen LogP contribution in [0, 0.1) is 3.57 Å². The summed E-state index contributed by atoms with van der Waals surface area (Å²) in [6, 6.07) is 8.58. The zero-order valence-corrected chi connectivity index (χ0v) is 9.19. The van der Waals surface area contributed by atoms with Gasteiger partial charge in [0.15, 0.2) is 0 Å². The third-order valence-electron chi connectivity index (χ3n) is 1.33. The van der Waals surface area contributed by atoms with Gasteiger partial charge in [0, 0.05) is 3.57 Å². The molecule has 0 nitrogen and oxygen atoms in total. The molecule has 0 heterocycles. The minimum absolute atomic E-state index is 0.0761. The summed E-state index contributed by atoms with van der Waals surface area (Å²) >= 11 is 2.39. The Kier molecular flexibility index (Phi) is 3.12. The van der Waals surface area contributed by atoms with E-state index in [-0.39, 0.29) is 7.92 Å². The van der Waals surface area contributed by atoms with Gasteiger partial charge < -0.3 is 0 Å². The van der Waals surface area contributed by atoms with E-state index >= 15 is 0 Å². The Morgan fingerprint density at radius 2 is 1.80 bits per heavy atom. The third kappa shape index (κ3) is 1.93. The average Bonchev–Trinajstić information content (AvgIpc) is 1.88. The van der Waals surface area contributed by atoms with Gasteiger partial charge in [0.1, 0.15) is 0 Å². The molecule has 0 bridgehead atoms. The number of hydrogen-bond donors (Lipinski definition) is 0. The molecule has 0 fully saturated rings. The van der Waals surface area contributed by atoms with Gasteiger partial charge in [-0.1, -0.05) is 26.1 Å². The van der Waals surface area contributed by atoms with Crippen LogP contribution in [-0.2, 0) is 0 Å². The molecule has 54 valence electrons. The molecule has 0 radical (unpaired) electrons. The minimum Gasteiger partial charge on any atom is -0.0805 e. The highest BCUT2D eigenvalue weighted by Gasteiger charge is 2.00. The molecular weight excluding hydrogens is 254 g/mol. The predicted molar refractivity (Wildman–Crippen MR) is 57.6 cm³/mol. The predicted octanol–water partition coefficient (Wildman–Crippen LogP) is 2.66. The lowest BCUT2D eigenvalue weighted by atomic mass is 10.4. The molecule has 1 aromatic rings. The lowest BCUT2D eigenvalue weighted by molar-refractivity contribution is 1.71. The monoisotopic (exact) mass is 264 g/mol. The maximum Gasteiger partial charge on any atom is 0.0206 e. The van der Waals surface area contributed by atoms with Crippen LogP contribution in [-0.4, -0.2) is 13.3 Å². The average molecular weight is 264 g/mol. The Morgan fingerprint density at radius 1 is 1.20 bits per heavy atom. The van der Waals surface area contributed by atoms with E-state index < -0.39 is 0 Å². The molecule has 0 saturated carbocycles. The minimum atomic E-state index is 0.0761. The molecule has 0 spiro atoms. The summed E-state index contributed by atoms with van der Waals surface area (Å²) in [5, 5.41) is 1.51. The van der Waals surface area contributed by atoms with Crippen LogP contribution in [0.5, 0.6) is 0 Å². The number of benzene rings is 1. The molecule has 1 rings (SSSR count). The van der Waals surface area contributed by atoms with Gasteiger partial charge >= 0.3 is 0 Å². The first-order valence-electron chi connectivity index (χ1n) is 3.13. The molecule has 0 saturated heterocycles. The molecule has 1 aromatic carbocycles. The van der Waals surface area contributed by atoms with Gasteiger partial charge in [-0.3, -0.25) is 0 Å². The van der Waals surface area contributed by atoms with Gasteiger partial charge in [-0.2, -0.15) is 0 Å². The fourth-order valence-electron chi connectivity index (χ4n) is 0.814. The van der Waals surface area contributed by atoms with Gasteiger partial charge in [0.25, 0.3) is 0 Å². The SMILES string of the molecule is CP(C)c1ccccc1I. The van der Waals surface area contributed by atoms with Crippen LogP contribution in [0.1, 0.15) is 0 Å². The topological polar surface area (TPSA) is 0 Å². The van der Waals surface area contributed by atoms with Crippen molar-refractivity contribution in [2.24, 2.45) is 0 Å². The Morgan fingerprint density at radius 3 is 2.20 bits per heavy atom. The van der Waals surface area contributed by atoms with Crippen molar-refractivity contribution < 1.29 is 0 Å². The molecule has 0 amide bonds. The van der Waals surface area contributed by atoms with Crippen LogP contribution < -0.4 is 5.30 Å². The molecule has 10 heavy (non-hydrogen) atoms. The zero-order chi connectivity index (χ0) is 7.56. The first kappa shape index (κ1) is 8.48. The maximum atomic E-state index is 2.39. The van der Waals surface area contributed by atoms with E-state index in [1.165, 1.54) is 8.87 Å². The van der Waals surface area contributed by atoms with Crippen molar-refractivity contribution in [3.05, 3.63) is 27.8 Å². The number of hydrogen-bond acceptors (Lipinski definition) is 0. The zero-order valence-electron chi connectivity index (χ0n) is 6.13. The van der Waals surface area contributed by atoms with E-state index in [9.17, 15) is 0 Å². The van der Waals surface area contributed by atoms with Crippen molar-refractivity contribution >= 4 is 35.8 Å². The van der Waals surface area contributed by atoms with E-state index in [2.05, 4.69) is 60.2 Å². The summed E-state index contributed by atoms with van der Waals surface area (Å²) in [5.74, 6) is 0. The molecule has 2 heteroatoms. The largest absolute Gasteiger partial charge is 0.0805 e. The second-order valence-electron chi connectivity index (χ2n) is 2.35. The van der Waals surface area contributed by atoms with Crippen LogP contribution >= 0.6 is 30.5 Å². The van der Waals surface area contributed by atoms with Crippen molar-refractivity contribution in [1.29, 1.82) is 0 Å². The second kappa shape index (κ2) is 3.68. The third-order valence-corrected chi connectivity index (χ3v) is 4.06. The highest BCUT2D eigenvalue weighted by Crippen LogP contribution is 2.25. The van der Waals surface area contributed by atoms with E-state index in [1.54, 1.807) is 0 Å². The number of rotatable bonds is 1. The molecule has 0 unspecified atom stereocenters. The summed E-state index contributed by atoms with van der Waals surface area (Å²) in [6.45, 7) is 4.57. The van der Waals surface area contributed by atoms with E-state index in [1.807, 2.05) is 0 Å². The van der Waals surface area contributed by atoms with E-state index in [4.69, 9.17) is 0 Å².